The number of hydrogen-bond acceptors (Lipinski definition) is 4. The Morgan fingerprint density at radius 3 is 1.94 bits per heavy atom. The zero-order chi connectivity index (χ0) is 13.3. The van der Waals surface area contributed by atoms with E-state index in [2.05, 4.69) is 4.74 Å². The number of rotatable bonds is 3. The molecule has 0 aliphatic heterocycles. The molecule has 0 fully saturated rings. The molecule has 4 nitrogen and oxygen atoms in total. The minimum absolute atomic E-state index is 0.405. The van der Waals surface area contributed by atoms with Gasteiger partial charge in [-0.2, -0.15) is 0 Å². The molecule has 0 aliphatic rings. The second-order valence-electron chi connectivity index (χ2n) is 4.70. The molecule has 0 heterocycles. The lowest BCUT2D eigenvalue weighted by molar-refractivity contribution is -0.125. The summed E-state index contributed by atoms with van der Waals surface area (Å²) >= 11 is 0. The van der Waals surface area contributed by atoms with E-state index in [-0.39, 0.29) is 0 Å². The topological polar surface area (TPSA) is 66.8 Å². The molecule has 0 amide bonds. The highest BCUT2D eigenvalue weighted by molar-refractivity contribution is 5.89. The van der Waals surface area contributed by atoms with Crippen molar-refractivity contribution in [3.05, 3.63) is 35.4 Å². The fraction of sp³-hybridized carbons (Fsp3) is 0.462. The van der Waals surface area contributed by atoms with E-state index in [0.29, 0.717) is 11.1 Å². The number of methoxy groups -OCH3 is 1. The van der Waals surface area contributed by atoms with Gasteiger partial charge in [0.15, 0.2) is 0 Å². The molecule has 1 aromatic carbocycles. The summed E-state index contributed by atoms with van der Waals surface area (Å²) in [6.07, 6.45) is 0. The Hall–Kier alpha value is -1.39. The maximum atomic E-state index is 11.2. The van der Waals surface area contributed by atoms with Crippen molar-refractivity contribution in [1.82, 2.24) is 0 Å². The van der Waals surface area contributed by atoms with Crippen LogP contribution in [-0.2, 0) is 10.3 Å². The van der Waals surface area contributed by atoms with Gasteiger partial charge in [0, 0.05) is 0 Å². The lowest BCUT2D eigenvalue weighted by Crippen LogP contribution is -2.44. The van der Waals surface area contributed by atoms with Gasteiger partial charge in [-0.3, -0.25) is 0 Å². The van der Waals surface area contributed by atoms with Crippen LogP contribution in [0, 0.1) is 0 Å². The van der Waals surface area contributed by atoms with Crippen LogP contribution in [0.2, 0.25) is 0 Å². The highest BCUT2D eigenvalue weighted by Crippen LogP contribution is 2.32. The van der Waals surface area contributed by atoms with Crippen LogP contribution in [0.4, 0.5) is 0 Å². The first-order valence-corrected chi connectivity index (χ1v) is 5.34. The quantitative estimate of drug-likeness (QED) is 0.782. The first-order chi connectivity index (χ1) is 7.70. The third-order valence-electron chi connectivity index (χ3n) is 3.06. The molecule has 17 heavy (non-hydrogen) atoms. The monoisotopic (exact) mass is 238 g/mol. The summed E-state index contributed by atoms with van der Waals surface area (Å²) in [6, 6.07) is 6.32. The van der Waals surface area contributed by atoms with E-state index in [4.69, 9.17) is 0 Å². The zero-order valence-corrected chi connectivity index (χ0v) is 10.5. The highest BCUT2D eigenvalue weighted by atomic mass is 16.5. The van der Waals surface area contributed by atoms with E-state index in [1.165, 1.54) is 27.9 Å². The zero-order valence-electron chi connectivity index (χ0n) is 10.5. The minimum Gasteiger partial charge on any atom is -0.465 e. The Labute approximate surface area is 101 Å². The number of carbonyl (C=O) groups is 1. The third-order valence-corrected chi connectivity index (χ3v) is 3.06. The van der Waals surface area contributed by atoms with Crippen molar-refractivity contribution in [2.24, 2.45) is 0 Å². The molecule has 94 valence electrons. The van der Waals surface area contributed by atoms with E-state index in [1.54, 1.807) is 24.3 Å². The fourth-order valence-corrected chi connectivity index (χ4v) is 1.40. The van der Waals surface area contributed by atoms with Crippen LogP contribution >= 0.6 is 0 Å². The Kier molecular flexibility index (Phi) is 3.59. The summed E-state index contributed by atoms with van der Waals surface area (Å²) in [5.41, 5.74) is -1.72. The molecule has 0 spiro atoms. The number of esters is 1. The van der Waals surface area contributed by atoms with Crippen molar-refractivity contribution in [3.63, 3.8) is 0 Å². The lowest BCUT2D eigenvalue weighted by Gasteiger charge is -2.36. The molecular weight excluding hydrogens is 220 g/mol. The molecule has 0 aromatic heterocycles. The van der Waals surface area contributed by atoms with Crippen molar-refractivity contribution in [1.29, 1.82) is 0 Å². The molecule has 0 bridgehead atoms. The van der Waals surface area contributed by atoms with Crippen LogP contribution in [0.25, 0.3) is 0 Å². The Balaban J connectivity index is 3.07. The Bertz CT molecular complexity index is 398. The van der Waals surface area contributed by atoms with Gasteiger partial charge in [-0.05, 0) is 38.5 Å². The molecule has 1 unspecified atom stereocenters. The average Bonchev–Trinajstić information content (AvgIpc) is 2.26. The first-order valence-electron chi connectivity index (χ1n) is 5.34. The van der Waals surface area contributed by atoms with Crippen molar-refractivity contribution < 1.29 is 19.7 Å². The van der Waals surface area contributed by atoms with Gasteiger partial charge in [0.05, 0.1) is 18.3 Å². The van der Waals surface area contributed by atoms with Crippen molar-refractivity contribution in [3.8, 4) is 0 Å². The molecular formula is C13H18O4. The Morgan fingerprint density at radius 1 is 1.12 bits per heavy atom. The van der Waals surface area contributed by atoms with E-state index in [9.17, 15) is 15.0 Å². The van der Waals surface area contributed by atoms with Crippen LogP contribution in [0.3, 0.4) is 0 Å². The average molecular weight is 238 g/mol. The van der Waals surface area contributed by atoms with Crippen molar-refractivity contribution >= 4 is 5.97 Å². The molecule has 4 heteroatoms. The summed E-state index contributed by atoms with van der Waals surface area (Å²) in [5, 5.41) is 20.1. The summed E-state index contributed by atoms with van der Waals surface area (Å²) < 4.78 is 4.58. The van der Waals surface area contributed by atoms with Crippen LogP contribution in [0.1, 0.15) is 36.7 Å². The SMILES string of the molecule is COC(=O)c1ccc(C(C)(O)C(C)(C)O)cc1. The van der Waals surface area contributed by atoms with Gasteiger partial charge in [0.25, 0.3) is 0 Å². The van der Waals surface area contributed by atoms with Crippen molar-refractivity contribution in [2.75, 3.05) is 7.11 Å². The van der Waals surface area contributed by atoms with E-state index in [0.717, 1.165) is 0 Å². The number of aliphatic hydroxyl groups is 2. The minimum atomic E-state index is -1.39. The van der Waals surface area contributed by atoms with Gasteiger partial charge >= 0.3 is 5.97 Å². The van der Waals surface area contributed by atoms with Crippen LogP contribution in [0.15, 0.2) is 24.3 Å². The molecule has 0 radical (unpaired) electrons. The smallest absolute Gasteiger partial charge is 0.337 e. The fourth-order valence-electron chi connectivity index (χ4n) is 1.40. The predicted octanol–water partition coefficient (Wildman–Crippen LogP) is 1.45. The lowest BCUT2D eigenvalue weighted by atomic mass is 9.81. The van der Waals surface area contributed by atoms with E-state index >= 15 is 0 Å². The van der Waals surface area contributed by atoms with Gasteiger partial charge in [-0.15, -0.1) is 0 Å². The molecule has 0 aliphatic carbocycles. The first kappa shape index (κ1) is 13.7. The number of benzene rings is 1. The molecule has 1 aromatic rings. The normalized spacial score (nSPS) is 15.2. The molecule has 0 saturated carbocycles. The van der Waals surface area contributed by atoms with Crippen LogP contribution in [-0.4, -0.2) is 28.9 Å². The maximum absolute atomic E-state index is 11.2. The second kappa shape index (κ2) is 4.47. The number of ether oxygens (including phenoxy) is 1. The van der Waals surface area contributed by atoms with Gasteiger partial charge in [0.2, 0.25) is 0 Å². The molecule has 0 saturated heterocycles. The second-order valence-corrected chi connectivity index (χ2v) is 4.70. The van der Waals surface area contributed by atoms with Gasteiger partial charge in [-0.1, -0.05) is 12.1 Å². The van der Waals surface area contributed by atoms with Crippen LogP contribution in [0.5, 0.6) is 0 Å². The summed E-state index contributed by atoms with van der Waals surface area (Å²) in [6.45, 7) is 4.59. The number of carbonyl (C=O) groups excluding carboxylic acids is 1. The molecule has 1 atom stereocenters. The third kappa shape index (κ3) is 2.65. The van der Waals surface area contributed by atoms with Crippen LogP contribution < -0.4 is 0 Å². The van der Waals surface area contributed by atoms with E-state index < -0.39 is 17.2 Å². The summed E-state index contributed by atoms with van der Waals surface area (Å²) in [5.74, 6) is -0.431. The van der Waals surface area contributed by atoms with Crippen molar-refractivity contribution in [2.45, 2.75) is 32.0 Å². The van der Waals surface area contributed by atoms with Gasteiger partial charge < -0.3 is 14.9 Å². The molecule has 1 rings (SSSR count). The largest absolute Gasteiger partial charge is 0.465 e. The van der Waals surface area contributed by atoms with Gasteiger partial charge in [0.1, 0.15) is 5.60 Å². The number of hydrogen-bond donors (Lipinski definition) is 2. The van der Waals surface area contributed by atoms with E-state index in [1.807, 2.05) is 0 Å². The summed E-state index contributed by atoms with van der Waals surface area (Å²) in [7, 11) is 1.31. The Morgan fingerprint density at radius 2 is 1.59 bits per heavy atom. The maximum Gasteiger partial charge on any atom is 0.337 e. The highest BCUT2D eigenvalue weighted by Gasteiger charge is 2.39. The predicted molar refractivity (Wildman–Crippen MR) is 63.7 cm³/mol. The standard InChI is InChI=1S/C13H18O4/c1-12(2,15)13(3,16)10-7-5-9(6-8-10)11(14)17-4/h5-8,15-16H,1-4H3. The van der Waals surface area contributed by atoms with Gasteiger partial charge in [-0.25, -0.2) is 4.79 Å². The summed E-state index contributed by atoms with van der Waals surface area (Å²) in [4.78, 5) is 11.2. The molecule has 2 N–H and O–H groups in total.